The minimum absolute atomic E-state index is 0.147. The summed E-state index contributed by atoms with van der Waals surface area (Å²) in [5.41, 5.74) is 0.103. The van der Waals surface area contributed by atoms with Gasteiger partial charge in [0.05, 0.1) is 10.2 Å². The maximum Gasteiger partial charge on any atom is 0.327 e. The maximum atomic E-state index is 11.9. The number of hydrogen-bond donors (Lipinski definition) is 3. The van der Waals surface area contributed by atoms with Crippen LogP contribution in [0, 0.1) is 10.1 Å². The Balaban J connectivity index is 1.93. The molecule has 1 aromatic carbocycles. The summed E-state index contributed by atoms with van der Waals surface area (Å²) in [4.78, 5) is 44.6. The van der Waals surface area contributed by atoms with Crippen LogP contribution in [0.1, 0.15) is 6.42 Å². The predicted molar refractivity (Wildman–Crippen MR) is 82.2 cm³/mol. The largest absolute Gasteiger partial charge is 0.480 e. The zero-order valence-corrected chi connectivity index (χ0v) is 12.5. The number of carbonyl (C=O) groups excluding carboxylic acids is 2. The molecule has 1 saturated heterocycles. The van der Waals surface area contributed by atoms with E-state index >= 15 is 0 Å². The molecule has 9 nitrogen and oxygen atoms in total. The Bertz CT molecular complexity index is 665. The number of amides is 2. The molecule has 10 heteroatoms. The first-order chi connectivity index (χ1) is 10.9. The van der Waals surface area contributed by atoms with E-state index in [9.17, 15) is 24.5 Å². The lowest BCUT2D eigenvalue weighted by atomic mass is 10.2. The third-order valence-corrected chi connectivity index (χ3v) is 4.39. The van der Waals surface area contributed by atoms with Crippen LogP contribution in [0.4, 0.5) is 11.4 Å². The molecule has 0 spiro atoms. The van der Waals surface area contributed by atoms with Gasteiger partial charge in [0.15, 0.2) is 0 Å². The molecule has 0 saturated carbocycles. The molecule has 0 unspecified atom stereocenters. The summed E-state index contributed by atoms with van der Waals surface area (Å²) in [5.74, 6) is -1.93. The highest BCUT2D eigenvalue weighted by atomic mass is 32.2. The van der Waals surface area contributed by atoms with Crippen LogP contribution in [0.2, 0.25) is 0 Å². The van der Waals surface area contributed by atoms with Gasteiger partial charge in [0.2, 0.25) is 11.8 Å². The van der Waals surface area contributed by atoms with Gasteiger partial charge in [0.25, 0.3) is 5.69 Å². The second-order valence-electron chi connectivity index (χ2n) is 4.78. The fourth-order valence-corrected chi connectivity index (χ4v) is 3.10. The molecule has 0 aliphatic carbocycles. The van der Waals surface area contributed by atoms with Crippen molar-refractivity contribution >= 4 is 40.9 Å². The van der Waals surface area contributed by atoms with Crippen LogP contribution in [0.3, 0.4) is 0 Å². The molecule has 0 radical (unpaired) electrons. The van der Waals surface area contributed by atoms with Crippen LogP contribution in [-0.4, -0.2) is 44.9 Å². The zero-order chi connectivity index (χ0) is 17.0. The van der Waals surface area contributed by atoms with E-state index in [1.54, 1.807) is 0 Å². The second-order valence-corrected chi connectivity index (χ2v) is 6.02. The number of hydrogen-bond acceptors (Lipinski definition) is 6. The van der Waals surface area contributed by atoms with Gasteiger partial charge in [-0.15, -0.1) is 11.8 Å². The van der Waals surface area contributed by atoms with Crippen molar-refractivity contribution in [3.8, 4) is 0 Å². The molecule has 23 heavy (non-hydrogen) atoms. The average molecular weight is 339 g/mol. The van der Waals surface area contributed by atoms with Crippen LogP contribution in [0.25, 0.3) is 0 Å². The molecule has 2 amide bonds. The Morgan fingerprint density at radius 3 is 2.83 bits per heavy atom. The monoisotopic (exact) mass is 339 g/mol. The van der Waals surface area contributed by atoms with Crippen molar-refractivity contribution < 1.29 is 24.4 Å². The van der Waals surface area contributed by atoms with Gasteiger partial charge >= 0.3 is 5.97 Å². The van der Waals surface area contributed by atoms with Crippen molar-refractivity contribution in [3.05, 3.63) is 34.4 Å². The predicted octanol–water partition coefficient (Wildman–Crippen LogP) is 0.608. The van der Waals surface area contributed by atoms with E-state index in [0.29, 0.717) is 0 Å². The third kappa shape index (κ3) is 4.42. The SMILES string of the molecule is O=C(C[C@@H]1SC[C@@H](C(=O)O)NC1=O)Nc1cccc([N+](=O)[O-])c1. The Labute approximate surface area is 134 Å². The first-order valence-corrected chi connectivity index (χ1v) is 7.61. The lowest BCUT2D eigenvalue weighted by Gasteiger charge is -2.25. The number of benzene rings is 1. The smallest absolute Gasteiger partial charge is 0.327 e. The molecule has 0 aromatic heterocycles. The number of nitro groups is 1. The van der Waals surface area contributed by atoms with Gasteiger partial charge < -0.3 is 15.7 Å². The molecule has 1 aliphatic heterocycles. The van der Waals surface area contributed by atoms with E-state index in [1.807, 2.05) is 0 Å². The van der Waals surface area contributed by atoms with Crippen LogP contribution in [0.5, 0.6) is 0 Å². The molecule has 2 rings (SSSR count). The van der Waals surface area contributed by atoms with Crippen LogP contribution >= 0.6 is 11.8 Å². The van der Waals surface area contributed by atoms with Crippen molar-refractivity contribution in [2.24, 2.45) is 0 Å². The molecule has 2 atom stereocenters. The molecule has 1 aliphatic rings. The Morgan fingerprint density at radius 1 is 1.48 bits per heavy atom. The highest BCUT2D eigenvalue weighted by molar-refractivity contribution is 8.00. The zero-order valence-electron chi connectivity index (χ0n) is 11.7. The van der Waals surface area contributed by atoms with Gasteiger partial charge in [-0.25, -0.2) is 4.79 Å². The Morgan fingerprint density at radius 2 is 2.22 bits per heavy atom. The van der Waals surface area contributed by atoms with Crippen molar-refractivity contribution in [2.75, 3.05) is 11.1 Å². The number of anilines is 1. The van der Waals surface area contributed by atoms with E-state index < -0.39 is 34.0 Å². The number of aliphatic carboxylic acids is 1. The molecule has 3 N–H and O–H groups in total. The summed E-state index contributed by atoms with van der Waals surface area (Å²) in [7, 11) is 0. The number of nitro benzene ring substituents is 1. The average Bonchev–Trinajstić information content (AvgIpc) is 2.49. The first-order valence-electron chi connectivity index (χ1n) is 6.56. The van der Waals surface area contributed by atoms with E-state index in [1.165, 1.54) is 24.3 Å². The summed E-state index contributed by atoms with van der Waals surface area (Å²) < 4.78 is 0. The van der Waals surface area contributed by atoms with E-state index in [4.69, 9.17) is 5.11 Å². The van der Waals surface area contributed by atoms with Gasteiger partial charge in [-0.05, 0) is 6.07 Å². The number of nitrogens with one attached hydrogen (secondary N) is 2. The van der Waals surface area contributed by atoms with Gasteiger partial charge in [0.1, 0.15) is 6.04 Å². The van der Waals surface area contributed by atoms with E-state index in [-0.39, 0.29) is 23.5 Å². The number of non-ortho nitro benzene ring substituents is 1. The lowest BCUT2D eigenvalue weighted by Crippen LogP contribution is -2.51. The topological polar surface area (TPSA) is 139 Å². The van der Waals surface area contributed by atoms with E-state index in [0.717, 1.165) is 11.8 Å². The van der Waals surface area contributed by atoms with Crippen LogP contribution in [0.15, 0.2) is 24.3 Å². The third-order valence-electron chi connectivity index (χ3n) is 3.08. The molecule has 1 heterocycles. The van der Waals surface area contributed by atoms with Crippen molar-refractivity contribution in [2.45, 2.75) is 17.7 Å². The lowest BCUT2D eigenvalue weighted by molar-refractivity contribution is -0.384. The summed E-state index contributed by atoms with van der Waals surface area (Å²) in [5, 5.41) is 23.6. The molecular formula is C13H13N3O6S. The highest BCUT2D eigenvalue weighted by Gasteiger charge is 2.33. The number of nitrogens with zero attached hydrogens (tertiary/aromatic N) is 1. The van der Waals surface area contributed by atoms with E-state index in [2.05, 4.69) is 10.6 Å². The fourth-order valence-electron chi connectivity index (χ4n) is 1.96. The highest BCUT2D eigenvalue weighted by Crippen LogP contribution is 2.22. The number of carboxylic acid groups (broad SMARTS) is 1. The normalized spacial score (nSPS) is 20.4. The van der Waals surface area contributed by atoms with Crippen molar-refractivity contribution in [1.29, 1.82) is 0 Å². The molecule has 122 valence electrons. The number of carboxylic acids is 1. The van der Waals surface area contributed by atoms with Gasteiger partial charge in [-0.2, -0.15) is 0 Å². The van der Waals surface area contributed by atoms with Crippen molar-refractivity contribution in [3.63, 3.8) is 0 Å². The summed E-state index contributed by atoms with van der Waals surface area (Å²) >= 11 is 1.09. The molecule has 1 fully saturated rings. The van der Waals surface area contributed by atoms with Gasteiger partial charge in [0, 0.05) is 30.0 Å². The van der Waals surface area contributed by atoms with Gasteiger partial charge in [-0.1, -0.05) is 6.07 Å². The molecule has 0 bridgehead atoms. The molecular weight excluding hydrogens is 326 g/mol. The van der Waals surface area contributed by atoms with Crippen LogP contribution < -0.4 is 10.6 Å². The van der Waals surface area contributed by atoms with Gasteiger partial charge in [-0.3, -0.25) is 19.7 Å². The van der Waals surface area contributed by atoms with Crippen LogP contribution in [-0.2, 0) is 14.4 Å². The second kappa shape index (κ2) is 7.09. The molecule has 1 aromatic rings. The van der Waals surface area contributed by atoms with Crippen molar-refractivity contribution in [1.82, 2.24) is 5.32 Å². The minimum Gasteiger partial charge on any atom is -0.480 e. The number of carbonyl (C=O) groups is 3. The Hall–Kier alpha value is -2.62. The summed E-state index contributed by atoms with van der Waals surface area (Å²) in [6.07, 6.45) is -0.147. The Kier molecular flexibility index (Phi) is 5.16. The standard InChI is InChI=1S/C13H13N3O6S/c17-11(14-7-2-1-3-8(4-7)16(21)22)5-10-12(18)15-9(6-23-10)13(19)20/h1-4,9-10H,5-6H2,(H,14,17)(H,15,18)(H,19,20)/t9-,10-/m0/s1. The summed E-state index contributed by atoms with van der Waals surface area (Å²) in [6, 6.07) is 4.49. The number of thioether (sulfide) groups is 1. The number of rotatable bonds is 5. The summed E-state index contributed by atoms with van der Waals surface area (Å²) in [6.45, 7) is 0. The first kappa shape index (κ1) is 16.7. The quantitative estimate of drug-likeness (QED) is 0.527. The fraction of sp³-hybridized carbons (Fsp3) is 0.308. The maximum absolute atomic E-state index is 11.9. The minimum atomic E-state index is -1.12.